The summed E-state index contributed by atoms with van der Waals surface area (Å²) in [5.74, 6) is 1.62. The van der Waals surface area contributed by atoms with Gasteiger partial charge in [-0.3, -0.25) is 0 Å². The van der Waals surface area contributed by atoms with Crippen LogP contribution in [-0.2, 0) is 48.3 Å². The lowest BCUT2D eigenvalue weighted by Gasteiger charge is -2.36. The molecule has 0 spiro atoms. The van der Waals surface area contributed by atoms with Gasteiger partial charge in [-0.05, 0) is 277 Å². The van der Waals surface area contributed by atoms with Crippen molar-refractivity contribution in [2.75, 3.05) is 4.90 Å². The molecule has 0 unspecified atom stereocenters. The number of benzene rings is 14. The second-order valence-electron chi connectivity index (χ2n) is 35.8. The van der Waals surface area contributed by atoms with Crippen LogP contribution in [0.15, 0.2) is 303 Å². The maximum absolute atomic E-state index is 7.69. The molecule has 0 amide bonds. The van der Waals surface area contributed by atoms with Crippen molar-refractivity contribution in [2.24, 2.45) is 0 Å². The molecule has 3 aliphatic carbocycles. The molecule has 2 heteroatoms. The summed E-state index contributed by atoms with van der Waals surface area (Å²) < 4.78 is 7.69. The lowest BCUT2D eigenvalue weighted by atomic mass is 9.67. The van der Waals surface area contributed by atoms with Crippen LogP contribution in [0.1, 0.15) is 269 Å². The van der Waals surface area contributed by atoms with E-state index in [-0.39, 0.29) is 0 Å². The van der Waals surface area contributed by atoms with Crippen molar-refractivity contribution in [3.8, 4) is 67.1 Å². The molecule has 0 saturated carbocycles. The predicted molar refractivity (Wildman–Crippen MR) is 513 cm³/mol. The highest BCUT2D eigenvalue weighted by Crippen LogP contribution is 2.62. The van der Waals surface area contributed by atoms with Gasteiger partial charge in [0, 0.05) is 5.69 Å². The van der Waals surface area contributed by atoms with Crippen molar-refractivity contribution in [1.29, 1.82) is 0 Å². The Balaban J connectivity index is 0.788. The molecule has 0 aromatic heterocycles. The Morgan fingerprint density at radius 3 is 0.793 bits per heavy atom. The van der Waals surface area contributed by atoms with Crippen molar-refractivity contribution in [1.82, 2.24) is 0 Å². The summed E-state index contributed by atoms with van der Waals surface area (Å²) in [7, 11) is 0. The predicted octanol–water partition coefficient (Wildman–Crippen LogP) is 32.9. The number of unbranched alkanes of at least 4 members (excludes halogenated alkanes) is 15. The molecular formula is C119H121NO. The lowest BCUT2D eigenvalue weighted by Crippen LogP contribution is -2.29. The summed E-state index contributed by atoms with van der Waals surface area (Å²) in [4.78, 5) is 2.48. The SMILES string of the molecule is CCCCCCc1ccc(C2(c3ccc(N4c5ccc(-c6ccc7c(c6)C(c6ccc(CCCCCC)cc6)(c6ccc(CCCCCC)cc6)c6ccccc6-7)cc5Oc5cc(-c6ccc7c(c6)C(c6ccc(CCCCCC)cc6)(c6ccc(CCCCCC)cc6)c6ccccc6-7)ccc54)cc3)c3cc(C)ccc3-c3ccc(C)cc32)cc1. The minimum atomic E-state index is -0.570. The number of ether oxygens (including phenoxy) is 1. The molecule has 0 N–H and O–H groups in total. The zero-order chi connectivity index (χ0) is 82.4. The molecule has 2 nitrogen and oxygen atoms in total. The first-order valence-electron chi connectivity index (χ1n) is 46.6. The van der Waals surface area contributed by atoms with Crippen LogP contribution in [0.4, 0.5) is 17.1 Å². The first-order valence-corrected chi connectivity index (χ1v) is 46.6. The Morgan fingerprint density at radius 1 is 0.223 bits per heavy atom. The molecule has 1 aliphatic heterocycles. The molecule has 0 radical (unpaired) electrons. The van der Waals surface area contributed by atoms with Crippen molar-refractivity contribution in [3.63, 3.8) is 0 Å². The van der Waals surface area contributed by atoms with E-state index >= 15 is 0 Å². The number of fused-ring (bicyclic) bond motifs is 11. The Kier molecular flexibility index (Phi) is 23.9. The Hall–Kier alpha value is -11.3. The number of hydrogen-bond acceptors (Lipinski definition) is 2. The summed E-state index contributed by atoms with van der Waals surface area (Å²) in [6, 6.07) is 120. The number of anilines is 3. The van der Waals surface area contributed by atoms with Gasteiger partial charge in [-0.15, -0.1) is 0 Å². The topological polar surface area (TPSA) is 12.5 Å². The third-order valence-electron chi connectivity index (χ3n) is 27.9. The van der Waals surface area contributed by atoms with Crippen LogP contribution in [0.2, 0.25) is 0 Å². The van der Waals surface area contributed by atoms with E-state index in [9.17, 15) is 0 Å². The maximum atomic E-state index is 7.69. The van der Waals surface area contributed by atoms with E-state index < -0.39 is 16.2 Å². The fourth-order valence-corrected chi connectivity index (χ4v) is 21.5. The minimum Gasteiger partial charge on any atom is -0.453 e. The molecule has 14 aromatic rings. The van der Waals surface area contributed by atoms with Crippen LogP contribution in [0.3, 0.4) is 0 Å². The molecule has 608 valence electrons. The molecule has 18 rings (SSSR count). The molecule has 4 aliphatic rings. The lowest BCUT2D eigenvalue weighted by molar-refractivity contribution is 0.477. The largest absolute Gasteiger partial charge is 0.453 e. The molecule has 121 heavy (non-hydrogen) atoms. The smallest absolute Gasteiger partial charge is 0.152 e. The van der Waals surface area contributed by atoms with Crippen molar-refractivity contribution >= 4 is 17.1 Å². The third kappa shape index (κ3) is 15.0. The van der Waals surface area contributed by atoms with Gasteiger partial charge in [0.25, 0.3) is 0 Å². The maximum Gasteiger partial charge on any atom is 0.152 e. The molecule has 0 saturated heterocycles. The van der Waals surface area contributed by atoms with E-state index in [2.05, 4.69) is 357 Å². The minimum absolute atomic E-state index is 0.570. The van der Waals surface area contributed by atoms with E-state index in [1.54, 1.807) is 0 Å². The van der Waals surface area contributed by atoms with Gasteiger partial charge in [0.05, 0.1) is 27.6 Å². The fraction of sp³-hybridized carbons (Fsp3) is 0.294. The van der Waals surface area contributed by atoms with Gasteiger partial charge >= 0.3 is 0 Å². The van der Waals surface area contributed by atoms with E-state index in [0.717, 1.165) is 82.9 Å². The number of nitrogens with zero attached hydrogens (tertiary/aromatic N) is 1. The number of hydrogen-bond donors (Lipinski definition) is 0. The Morgan fingerprint density at radius 2 is 0.479 bits per heavy atom. The second kappa shape index (κ2) is 35.8. The average Bonchev–Trinajstić information content (AvgIpc) is 1.55. The highest BCUT2D eigenvalue weighted by atomic mass is 16.5. The van der Waals surface area contributed by atoms with Gasteiger partial charge in [-0.2, -0.15) is 0 Å². The first kappa shape index (κ1) is 80.7. The fourth-order valence-electron chi connectivity index (χ4n) is 21.5. The van der Waals surface area contributed by atoms with Crippen LogP contribution in [0, 0.1) is 13.8 Å². The highest BCUT2D eigenvalue weighted by molar-refractivity contribution is 5.95. The van der Waals surface area contributed by atoms with Gasteiger partial charge in [0.2, 0.25) is 0 Å². The van der Waals surface area contributed by atoms with Gasteiger partial charge < -0.3 is 9.64 Å². The van der Waals surface area contributed by atoms with Crippen LogP contribution < -0.4 is 9.64 Å². The van der Waals surface area contributed by atoms with Crippen molar-refractivity contribution < 1.29 is 4.74 Å². The van der Waals surface area contributed by atoms with Crippen molar-refractivity contribution in [2.45, 2.75) is 225 Å². The number of rotatable bonds is 34. The molecule has 0 atom stereocenters. The van der Waals surface area contributed by atoms with Crippen molar-refractivity contribution in [3.05, 3.63) is 409 Å². The molecule has 14 aromatic carbocycles. The van der Waals surface area contributed by atoms with Crippen LogP contribution in [0.25, 0.3) is 55.6 Å². The summed E-state index contributed by atoms with van der Waals surface area (Å²) in [5, 5.41) is 0. The first-order chi connectivity index (χ1) is 59.6. The normalized spacial score (nSPS) is 13.8. The van der Waals surface area contributed by atoms with E-state index in [0.29, 0.717) is 0 Å². The summed E-state index contributed by atoms with van der Waals surface area (Å²) in [6.45, 7) is 16.0. The molecular weight excluding hydrogens is 1460 g/mol. The zero-order valence-corrected chi connectivity index (χ0v) is 72.9. The summed E-state index contributed by atoms with van der Waals surface area (Å²) in [6.07, 6.45) is 30.4. The summed E-state index contributed by atoms with van der Waals surface area (Å²) in [5.41, 5.74) is 39.0. The van der Waals surface area contributed by atoms with E-state index in [1.807, 2.05) is 0 Å². The standard InChI is InChI=1S/C119H121NO/c1-8-13-18-23-32-85-43-57-94(58-44-85)117(95-59-45-86(46-60-95)33-24-19-14-9-2)107-39-30-28-37-101(107)105-73-53-90(79-111(105)117)92-55-75-113-115(81-92)121-116-82-93(91-54-74-106-102-38-29-31-40-108(102)118(112(106)80-91,96-61-47-87(48-62-96)34-25-20-15-10-3)97-63-49-88(50-64-97)35-26-21-16-11-4)56-76-114(116)120(113)100-69-67-99(68-70-100)119(98-65-51-89(52-66-98)36-27-22-17-12-5)109-77-83(6)41-71-103(109)104-72-42-84(7)78-110(104)119/h28-31,37-82H,8-27,32-36H2,1-7H3. The number of aryl methyl sites for hydroxylation is 7. The average molecular weight is 1580 g/mol. The van der Waals surface area contributed by atoms with Gasteiger partial charge in [0.1, 0.15) is 0 Å². The van der Waals surface area contributed by atoms with E-state index in [1.165, 1.54) is 268 Å². The van der Waals surface area contributed by atoms with Gasteiger partial charge in [-0.25, -0.2) is 0 Å². The van der Waals surface area contributed by atoms with E-state index in [4.69, 9.17) is 4.74 Å². The quantitative estimate of drug-likeness (QED) is 0.0373. The Labute approximate surface area is 723 Å². The third-order valence-corrected chi connectivity index (χ3v) is 27.9. The van der Waals surface area contributed by atoms with Crippen LogP contribution in [0.5, 0.6) is 11.5 Å². The Bertz CT molecular complexity index is 5550. The van der Waals surface area contributed by atoms with Crippen LogP contribution >= 0.6 is 0 Å². The monoisotopic (exact) mass is 1580 g/mol. The molecule has 0 fully saturated rings. The second-order valence-corrected chi connectivity index (χ2v) is 35.8. The highest BCUT2D eigenvalue weighted by Gasteiger charge is 2.50. The van der Waals surface area contributed by atoms with Crippen LogP contribution in [-0.4, -0.2) is 0 Å². The molecule has 0 bridgehead atoms. The van der Waals surface area contributed by atoms with Gasteiger partial charge in [0.15, 0.2) is 11.5 Å². The zero-order valence-electron chi connectivity index (χ0n) is 72.9. The molecule has 1 heterocycles. The summed E-state index contributed by atoms with van der Waals surface area (Å²) >= 11 is 0. The van der Waals surface area contributed by atoms with Gasteiger partial charge in [-0.1, -0.05) is 397 Å².